The van der Waals surface area contributed by atoms with Gasteiger partial charge in [0.05, 0.1) is 6.10 Å². The molecule has 0 aliphatic heterocycles. The van der Waals surface area contributed by atoms with Gasteiger partial charge in [-0.15, -0.1) is 0 Å². The molecule has 0 saturated carbocycles. The molecule has 1 aromatic rings. The molecule has 0 heterocycles. The van der Waals surface area contributed by atoms with Gasteiger partial charge >= 0.3 is 0 Å². The molecule has 1 unspecified atom stereocenters. The molecule has 1 N–H and O–H groups in total. The van der Waals surface area contributed by atoms with Crippen LogP contribution in [0, 0.1) is 13.8 Å². The zero-order valence-electron chi connectivity index (χ0n) is 10.8. The first-order valence-electron chi connectivity index (χ1n) is 6.40. The van der Waals surface area contributed by atoms with E-state index in [1.165, 1.54) is 30.4 Å². The minimum atomic E-state index is -0.281. The van der Waals surface area contributed by atoms with Gasteiger partial charge in [0.25, 0.3) is 0 Å². The highest BCUT2D eigenvalue weighted by Gasteiger charge is 2.07. The van der Waals surface area contributed by atoms with Gasteiger partial charge in [0.15, 0.2) is 0 Å². The third-order valence-electron chi connectivity index (χ3n) is 3.25. The quantitative estimate of drug-likeness (QED) is 0.708. The summed E-state index contributed by atoms with van der Waals surface area (Å²) in [7, 11) is 0. The highest BCUT2D eigenvalue weighted by molar-refractivity contribution is 5.30. The van der Waals surface area contributed by atoms with E-state index in [0.29, 0.717) is 0 Å². The first-order valence-corrected chi connectivity index (χ1v) is 6.40. The van der Waals surface area contributed by atoms with Crippen molar-refractivity contribution in [3.63, 3.8) is 0 Å². The van der Waals surface area contributed by atoms with Crippen LogP contribution in [0.25, 0.3) is 0 Å². The summed E-state index contributed by atoms with van der Waals surface area (Å²) in [4.78, 5) is 0. The molecular formula is C15H24O. The molecule has 1 heteroatoms. The highest BCUT2D eigenvalue weighted by atomic mass is 16.3. The summed E-state index contributed by atoms with van der Waals surface area (Å²) in [5.74, 6) is 0. The van der Waals surface area contributed by atoms with E-state index >= 15 is 0 Å². The Morgan fingerprint density at radius 1 is 1.06 bits per heavy atom. The minimum Gasteiger partial charge on any atom is -0.388 e. The molecular weight excluding hydrogens is 196 g/mol. The van der Waals surface area contributed by atoms with Crippen molar-refractivity contribution >= 4 is 0 Å². The van der Waals surface area contributed by atoms with E-state index in [2.05, 4.69) is 32.9 Å². The van der Waals surface area contributed by atoms with E-state index in [9.17, 15) is 5.11 Å². The van der Waals surface area contributed by atoms with Gasteiger partial charge in [0.1, 0.15) is 0 Å². The Kier molecular flexibility index (Phi) is 5.54. The van der Waals surface area contributed by atoms with Gasteiger partial charge in [-0.3, -0.25) is 0 Å². The number of aliphatic hydroxyl groups is 1. The molecule has 1 rings (SSSR count). The lowest BCUT2D eigenvalue weighted by Crippen LogP contribution is -1.98. The Morgan fingerprint density at radius 3 is 2.44 bits per heavy atom. The van der Waals surface area contributed by atoms with Crippen LogP contribution in [-0.4, -0.2) is 5.11 Å². The molecule has 0 fully saturated rings. The summed E-state index contributed by atoms with van der Waals surface area (Å²) in [6, 6.07) is 6.26. The summed E-state index contributed by atoms with van der Waals surface area (Å²) in [5.41, 5.74) is 3.63. The van der Waals surface area contributed by atoms with Crippen LogP contribution in [-0.2, 0) is 0 Å². The van der Waals surface area contributed by atoms with Crippen LogP contribution in [0.1, 0.15) is 61.8 Å². The van der Waals surface area contributed by atoms with Crippen LogP contribution in [0.5, 0.6) is 0 Å². The molecule has 0 spiro atoms. The lowest BCUT2D eigenvalue weighted by molar-refractivity contribution is 0.163. The van der Waals surface area contributed by atoms with Crippen molar-refractivity contribution in [2.75, 3.05) is 0 Å². The number of unbranched alkanes of at least 4 members (excludes halogenated alkanes) is 3. The van der Waals surface area contributed by atoms with Gasteiger partial charge in [-0.1, -0.05) is 50.8 Å². The molecule has 0 aliphatic rings. The topological polar surface area (TPSA) is 20.2 Å². The second kappa shape index (κ2) is 6.70. The summed E-state index contributed by atoms with van der Waals surface area (Å²) < 4.78 is 0. The SMILES string of the molecule is CCCCCCC(O)c1ccc(C)c(C)c1. The van der Waals surface area contributed by atoms with Crippen molar-refractivity contribution in [1.29, 1.82) is 0 Å². The molecule has 0 radical (unpaired) electrons. The first-order chi connectivity index (χ1) is 7.65. The Balaban J connectivity index is 2.46. The number of rotatable bonds is 6. The molecule has 0 aromatic heterocycles. The number of benzene rings is 1. The minimum absolute atomic E-state index is 0.281. The fraction of sp³-hybridized carbons (Fsp3) is 0.600. The standard InChI is InChI=1S/C15H24O/c1-4-5-6-7-8-15(16)14-10-9-12(2)13(3)11-14/h9-11,15-16H,4-8H2,1-3H3. The van der Waals surface area contributed by atoms with Gasteiger partial charge < -0.3 is 5.11 Å². The van der Waals surface area contributed by atoms with E-state index in [1.54, 1.807) is 0 Å². The molecule has 90 valence electrons. The summed E-state index contributed by atoms with van der Waals surface area (Å²) in [5, 5.41) is 10.0. The summed E-state index contributed by atoms with van der Waals surface area (Å²) >= 11 is 0. The average molecular weight is 220 g/mol. The third kappa shape index (κ3) is 3.97. The van der Waals surface area contributed by atoms with Crippen molar-refractivity contribution in [3.05, 3.63) is 34.9 Å². The fourth-order valence-corrected chi connectivity index (χ4v) is 1.90. The maximum atomic E-state index is 10.0. The molecule has 0 amide bonds. The number of hydrogen-bond acceptors (Lipinski definition) is 1. The Labute approximate surface area is 99.5 Å². The first kappa shape index (κ1) is 13.2. The maximum Gasteiger partial charge on any atom is 0.0790 e. The van der Waals surface area contributed by atoms with Crippen LogP contribution in [0.3, 0.4) is 0 Å². The normalized spacial score (nSPS) is 12.8. The Morgan fingerprint density at radius 2 is 1.81 bits per heavy atom. The van der Waals surface area contributed by atoms with Crippen LogP contribution in [0.15, 0.2) is 18.2 Å². The van der Waals surface area contributed by atoms with Crippen molar-refractivity contribution in [2.45, 2.75) is 59.0 Å². The van der Waals surface area contributed by atoms with Gasteiger partial charge in [-0.05, 0) is 37.0 Å². The number of aliphatic hydroxyl groups excluding tert-OH is 1. The predicted molar refractivity (Wildman–Crippen MR) is 69.6 cm³/mol. The van der Waals surface area contributed by atoms with E-state index in [0.717, 1.165) is 18.4 Å². The van der Waals surface area contributed by atoms with Crippen molar-refractivity contribution < 1.29 is 5.11 Å². The Bertz CT molecular complexity index is 317. The van der Waals surface area contributed by atoms with Gasteiger partial charge in [-0.25, -0.2) is 0 Å². The smallest absolute Gasteiger partial charge is 0.0790 e. The van der Waals surface area contributed by atoms with Crippen LogP contribution < -0.4 is 0 Å². The molecule has 0 bridgehead atoms. The van der Waals surface area contributed by atoms with Crippen molar-refractivity contribution in [2.24, 2.45) is 0 Å². The average Bonchev–Trinajstić information content (AvgIpc) is 2.28. The number of aryl methyl sites for hydroxylation is 2. The van der Waals surface area contributed by atoms with Crippen LogP contribution >= 0.6 is 0 Å². The highest BCUT2D eigenvalue weighted by Crippen LogP contribution is 2.22. The number of hydrogen-bond donors (Lipinski definition) is 1. The largest absolute Gasteiger partial charge is 0.388 e. The molecule has 16 heavy (non-hydrogen) atoms. The van der Waals surface area contributed by atoms with Gasteiger partial charge in [0.2, 0.25) is 0 Å². The van der Waals surface area contributed by atoms with E-state index < -0.39 is 0 Å². The summed E-state index contributed by atoms with van der Waals surface area (Å²) in [6.07, 6.45) is 5.50. The molecule has 1 atom stereocenters. The molecule has 1 nitrogen and oxygen atoms in total. The maximum absolute atomic E-state index is 10.0. The monoisotopic (exact) mass is 220 g/mol. The van der Waals surface area contributed by atoms with E-state index in [1.807, 2.05) is 6.07 Å². The molecule has 0 aliphatic carbocycles. The lowest BCUT2D eigenvalue weighted by atomic mass is 9.99. The van der Waals surface area contributed by atoms with E-state index in [-0.39, 0.29) is 6.10 Å². The lowest BCUT2D eigenvalue weighted by Gasteiger charge is -2.12. The van der Waals surface area contributed by atoms with Crippen LogP contribution in [0.4, 0.5) is 0 Å². The second-order valence-corrected chi connectivity index (χ2v) is 4.71. The predicted octanol–water partition coefficient (Wildman–Crippen LogP) is 4.31. The Hall–Kier alpha value is -0.820. The fourth-order valence-electron chi connectivity index (χ4n) is 1.90. The summed E-state index contributed by atoms with van der Waals surface area (Å²) in [6.45, 7) is 6.41. The van der Waals surface area contributed by atoms with E-state index in [4.69, 9.17) is 0 Å². The molecule has 1 aromatic carbocycles. The van der Waals surface area contributed by atoms with Crippen LogP contribution in [0.2, 0.25) is 0 Å². The zero-order valence-corrected chi connectivity index (χ0v) is 10.8. The zero-order chi connectivity index (χ0) is 12.0. The third-order valence-corrected chi connectivity index (χ3v) is 3.25. The van der Waals surface area contributed by atoms with Gasteiger partial charge in [-0.2, -0.15) is 0 Å². The van der Waals surface area contributed by atoms with Crippen molar-refractivity contribution in [1.82, 2.24) is 0 Å². The molecule has 0 saturated heterocycles. The van der Waals surface area contributed by atoms with Gasteiger partial charge in [0, 0.05) is 0 Å². The van der Waals surface area contributed by atoms with Crippen molar-refractivity contribution in [3.8, 4) is 0 Å². The second-order valence-electron chi connectivity index (χ2n) is 4.71.